The molecule has 1 aromatic heterocycles. The summed E-state index contributed by atoms with van der Waals surface area (Å²) in [4.78, 5) is 0. The van der Waals surface area contributed by atoms with E-state index in [-0.39, 0.29) is 14.5 Å². The summed E-state index contributed by atoms with van der Waals surface area (Å²) in [5, 5.41) is 15.8. The molecule has 0 aliphatic heterocycles. The van der Waals surface area contributed by atoms with Gasteiger partial charge in [-0.15, -0.1) is 0 Å². The van der Waals surface area contributed by atoms with Crippen molar-refractivity contribution in [2.24, 2.45) is 0 Å². The van der Waals surface area contributed by atoms with Crippen LogP contribution in [0.1, 0.15) is 0 Å². The molecule has 0 bridgehead atoms. The molecule has 0 N–H and O–H groups in total. The van der Waals surface area contributed by atoms with Gasteiger partial charge in [-0.3, -0.25) is 0 Å². The molecule has 0 spiro atoms. The quantitative estimate of drug-likeness (QED) is 0.122. The molecule has 0 saturated carbocycles. The van der Waals surface area contributed by atoms with Crippen LogP contribution in [0.5, 0.6) is 0 Å². The van der Waals surface area contributed by atoms with Crippen molar-refractivity contribution in [1.29, 1.82) is 0 Å². The maximum absolute atomic E-state index is 2.81. The predicted molar refractivity (Wildman–Crippen MR) is 278 cm³/mol. The zero-order valence-corrected chi connectivity index (χ0v) is 38.0. The van der Waals surface area contributed by atoms with Gasteiger partial charge in [0.1, 0.15) is 0 Å². The van der Waals surface area contributed by atoms with Crippen LogP contribution in [0.2, 0.25) is 0 Å². The molecule has 0 amide bonds. The topological polar surface area (TPSA) is 0 Å². The summed E-state index contributed by atoms with van der Waals surface area (Å²) in [7, 11) is 0. The number of hydrogen-bond acceptors (Lipinski definition) is 0. The van der Waals surface area contributed by atoms with E-state index in [2.05, 4.69) is 216 Å². The molecular weight excluding hydrogens is 903 g/mol. The van der Waals surface area contributed by atoms with E-state index < -0.39 is 0 Å². The molecule has 2 aliphatic carbocycles. The molecule has 0 fully saturated rings. The summed E-state index contributed by atoms with van der Waals surface area (Å²) in [6.07, 6.45) is 0. The van der Waals surface area contributed by atoms with Gasteiger partial charge in [0, 0.05) is 0 Å². The number of fused-ring (bicyclic) bond motifs is 14. The first-order chi connectivity index (χ1) is 31.7. The third kappa shape index (κ3) is 4.68. The van der Waals surface area contributed by atoms with Gasteiger partial charge in [0.15, 0.2) is 0 Å². The molecule has 294 valence electrons. The molecular formula is C62H34Se2. The van der Waals surface area contributed by atoms with E-state index in [9.17, 15) is 0 Å². The average molecular weight is 937 g/mol. The van der Waals surface area contributed by atoms with Crippen LogP contribution >= 0.6 is 0 Å². The molecule has 0 nitrogen and oxygen atoms in total. The van der Waals surface area contributed by atoms with Crippen LogP contribution in [0.4, 0.5) is 0 Å². The first kappa shape index (κ1) is 35.4. The van der Waals surface area contributed by atoms with Gasteiger partial charge in [0.25, 0.3) is 0 Å². The first-order valence-electron chi connectivity index (χ1n) is 22.1. The fourth-order valence-electron chi connectivity index (χ4n) is 11.8. The van der Waals surface area contributed by atoms with Crippen LogP contribution in [0.25, 0.3) is 151 Å². The standard InChI is InChI=1S/C62H34Se2/c63-55-25-5-3-18-39(55)36-16-1-2-17-37(36)47-30-48-38(49-31-50-40-20-7-12-34-13-8-21-41(58(34)40)51(50)32-53(47)49)28-29-43-52(48)33-54-42-22-9-14-35-15-10-23-45(59(35)42)62(54)61(43)46-24-11-27-57-60(46)44-19-4-6-26-56(44)64-57/h1-33,63H. The van der Waals surface area contributed by atoms with E-state index in [4.69, 9.17) is 0 Å². The number of rotatable bonds is 3. The van der Waals surface area contributed by atoms with Gasteiger partial charge in [0.05, 0.1) is 0 Å². The van der Waals surface area contributed by atoms with Gasteiger partial charge < -0.3 is 0 Å². The summed E-state index contributed by atoms with van der Waals surface area (Å²) in [6, 6.07) is 76.5. The van der Waals surface area contributed by atoms with Gasteiger partial charge >= 0.3 is 386 Å². The fourth-order valence-corrected chi connectivity index (χ4v) is 14.8. The molecule has 2 heteroatoms. The van der Waals surface area contributed by atoms with E-state index in [1.807, 2.05) is 0 Å². The van der Waals surface area contributed by atoms with Crippen LogP contribution in [-0.2, 0) is 0 Å². The predicted octanol–water partition coefficient (Wildman–Crippen LogP) is 15.6. The van der Waals surface area contributed by atoms with E-state index in [1.165, 1.54) is 156 Å². The minimum absolute atomic E-state index is 0.257. The van der Waals surface area contributed by atoms with Gasteiger partial charge in [-0.1, -0.05) is 0 Å². The Morgan fingerprint density at radius 1 is 0.250 bits per heavy atom. The molecule has 15 rings (SSSR count). The van der Waals surface area contributed by atoms with Crippen LogP contribution < -0.4 is 4.46 Å². The first-order valence-corrected chi connectivity index (χ1v) is 24.7. The van der Waals surface area contributed by atoms with Crippen molar-refractivity contribution in [1.82, 2.24) is 0 Å². The second-order valence-electron chi connectivity index (χ2n) is 17.6. The van der Waals surface area contributed by atoms with E-state index in [1.54, 1.807) is 0 Å². The minimum atomic E-state index is 0.257. The number of hydrogen-bond donors (Lipinski definition) is 0. The molecule has 64 heavy (non-hydrogen) atoms. The molecule has 2 aliphatic rings. The second kappa shape index (κ2) is 13.0. The Labute approximate surface area is 383 Å². The third-order valence-electron chi connectivity index (χ3n) is 14.4. The van der Waals surface area contributed by atoms with Crippen molar-refractivity contribution >= 4 is 108 Å². The van der Waals surface area contributed by atoms with Gasteiger partial charge in [-0.25, -0.2) is 0 Å². The normalized spacial score (nSPS) is 12.5. The average Bonchev–Trinajstić information content (AvgIpc) is 3.99. The summed E-state index contributed by atoms with van der Waals surface area (Å²) < 4.78 is 4.15. The van der Waals surface area contributed by atoms with Gasteiger partial charge in [0.2, 0.25) is 0 Å². The van der Waals surface area contributed by atoms with E-state index in [0.717, 1.165) is 0 Å². The molecule has 0 radical (unpaired) electrons. The zero-order chi connectivity index (χ0) is 41.8. The van der Waals surface area contributed by atoms with Crippen molar-refractivity contribution in [3.63, 3.8) is 0 Å². The number of benzene rings is 12. The van der Waals surface area contributed by atoms with Crippen LogP contribution in [0.15, 0.2) is 200 Å². The summed E-state index contributed by atoms with van der Waals surface area (Å²) in [5.74, 6) is 0. The fraction of sp³-hybridized carbons (Fsp3) is 0. The Morgan fingerprint density at radius 3 is 1.45 bits per heavy atom. The van der Waals surface area contributed by atoms with Crippen molar-refractivity contribution in [3.05, 3.63) is 200 Å². The summed E-state index contributed by atoms with van der Waals surface area (Å²) in [5.41, 5.74) is 18.3. The molecule has 0 unspecified atom stereocenters. The molecule has 0 saturated heterocycles. The van der Waals surface area contributed by atoms with Gasteiger partial charge in [-0.05, 0) is 0 Å². The molecule has 0 atom stereocenters. The summed E-state index contributed by atoms with van der Waals surface area (Å²) in [6.45, 7) is 0. The van der Waals surface area contributed by atoms with Gasteiger partial charge in [-0.2, -0.15) is 0 Å². The Kier molecular flexibility index (Phi) is 7.21. The van der Waals surface area contributed by atoms with E-state index in [0.29, 0.717) is 0 Å². The Hall–Kier alpha value is -7.02. The van der Waals surface area contributed by atoms with Crippen molar-refractivity contribution in [2.45, 2.75) is 0 Å². The zero-order valence-electron chi connectivity index (χ0n) is 34.4. The van der Waals surface area contributed by atoms with Crippen molar-refractivity contribution in [2.75, 3.05) is 0 Å². The Morgan fingerprint density at radius 2 is 0.719 bits per heavy atom. The van der Waals surface area contributed by atoms with Crippen molar-refractivity contribution < 1.29 is 0 Å². The Bertz CT molecular complexity index is 4250. The van der Waals surface area contributed by atoms with Crippen LogP contribution in [0, 0.1) is 0 Å². The van der Waals surface area contributed by atoms with Crippen molar-refractivity contribution in [3.8, 4) is 77.9 Å². The summed E-state index contributed by atoms with van der Waals surface area (Å²) >= 11 is 3.07. The molecule has 1 heterocycles. The maximum atomic E-state index is 2.81. The van der Waals surface area contributed by atoms with E-state index >= 15 is 0 Å². The van der Waals surface area contributed by atoms with Crippen LogP contribution in [0.3, 0.4) is 0 Å². The van der Waals surface area contributed by atoms with Crippen LogP contribution in [-0.4, -0.2) is 30.5 Å². The second-order valence-corrected chi connectivity index (χ2v) is 20.8. The SMILES string of the molecule is [SeH]c1ccccc1-c1ccccc1-c1cc2c3cc4c(c(-c5cccc6[se]c7ccccc7c56)c3ccc2c2cc3c(cc12)-c1cccc2cccc-3c12)-c1cccc2cccc-4c12. The monoisotopic (exact) mass is 938 g/mol. The molecule has 13 aromatic rings. The third-order valence-corrected chi connectivity index (χ3v) is 17.6. The molecule has 12 aromatic carbocycles. The Balaban J connectivity index is 1.14.